The maximum absolute atomic E-state index is 11.8. The highest BCUT2D eigenvalue weighted by atomic mass is 16.5. The molecule has 90 valence electrons. The number of hydrogen-bond donors (Lipinski definition) is 2. The standard InChI is InChI=1S/C14H11NO3/c15-14-12(17)11(16)13(18-14)10-7-3-5-8-4-1-2-6-9(8)10/h1-7,13,17H,15H2/t13-/m0/s1. The van der Waals surface area contributed by atoms with E-state index in [1.807, 2.05) is 36.4 Å². The summed E-state index contributed by atoms with van der Waals surface area (Å²) in [5.74, 6) is -1.20. The van der Waals surface area contributed by atoms with Gasteiger partial charge >= 0.3 is 0 Å². The van der Waals surface area contributed by atoms with Crippen LogP contribution in [0.15, 0.2) is 54.1 Å². The Labute approximate surface area is 103 Å². The van der Waals surface area contributed by atoms with Crippen LogP contribution in [0.5, 0.6) is 0 Å². The molecule has 1 atom stereocenters. The molecule has 0 fully saturated rings. The predicted molar refractivity (Wildman–Crippen MR) is 66.6 cm³/mol. The van der Waals surface area contributed by atoms with Crippen LogP contribution >= 0.6 is 0 Å². The molecule has 0 unspecified atom stereocenters. The zero-order valence-corrected chi connectivity index (χ0v) is 9.46. The topological polar surface area (TPSA) is 72.5 Å². The molecule has 4 nitrogen and oxygen atoms in total. The second-order valence-electron chi connectivity index (χ2n) is 4.14. The number of carbonyl (C=O) groups excluding carboxylic acids is 1. The van der Waals surface area contributed by atoms with E-state index in [0.29, 0.717) is 5.56 Å². The molecule has 1 aliphatic heterocycles. The Morgan fingerprint density at radius 1 is 1.11 bits per heavy atom. The normalized spacial score (nSPS) is 19.3. The second kappa shape index (κ2) is 3.77. The SMILES string of the molecule is NC1=C(O)C(=O)[C@H](c2cccc3ccccc23)O1. The highest BCUT2D eigenvalue weighted by Gasteiger charge is 2.36. The maximum atomic E-state index is 11.8. The van der Waals surface area contributed by atoms with E-state index in [-0.39, 0.29) is 5.88 Å². The molecule has 0 saturated carbocycles. The molecule has 0 amide bonds. The van der Waals surface area contributed by atoms with Gasteiger partial charge in [0.2, 0.25) is 17.4 Å². The number of benzene rings is 2. The second-order valence-corrected chi connectivity index (χ2v) is 4.14. The molecular weight excluding hydrogens is 230 g/mol. The third-order valence-corrected chi connectivity index (χ3v) is 3.06. The summed E-state index contributed by atoms with van der Waals surface area (Å²) in [6.45, 7) is 0. The van der Waals surface area contributed by atoms with Crippen molar-refractivity contribution in [1.29, 1.82) is 0 Å². The van der Waals surface area contributed by atoms with Gasteiger partial charge in [0.15, 0.2) is 6.10 Å². The maximum Gasteiger partial charge on any atom is 0.247 e. The van der Waals surface area contributed by atoms with Gasteiger partial charge in [0, 0.05) is 5.56 Å². The molecule has 0 aromatic heterocycles. The summed E-state index contributed by atoms with van der Waals surface area (Å²) in [4.78, 5) is 11.8. The van der Waals surface area contributed by atoms with E-state index in [9.17, 15) is 9.90 Å². The fourth-order valence-electron chi connectivity index (χ4n) is 2.17. The Bertz CT molecular complexity index is 670. The first-order valence-corrected chi connectivity index (χ1v) is 5.55. The van der Waals surface area contributed by atoms with Gasteiger partial charge in [-0.15, -0.1) is 0 Å². The minimum Gasteiger partial charge on any atom is -0.501 e. The van der Waals surface area contributed by atoms with Crippen molar-refractivity contribution < 1.29 is 14.6 Å². The van der Waals surface area contributed by atoms with E-state index in [0.717, 1.165) is 10.8 Å². The minimum atomic E-state index is -0.851. The average Bonchev–Trinajstić information content (AvgIpc) is 2.66. The Hall–Kier alpha value is -2.49. The molecule has 0 saturated heterocycles. The van der Waals surface area contributed by atoms with Crippen molar-refractivity contribution in [2.75, 3.05) is 0 Å². The van der Waals surface area contributed by atoms with E-state index in [2.05, 4.69) is 0 Å². The third kappa shape index (κ3) is 1.43. The monoisotopic (exact) mass is 241 g/mol. The van der Waals surface area contributed by atoms with Crippen molar-refractivity contribution in [1.82, 2.24) is 0 Å². The molecule has 18 heavy (non-hydrogen) atoms. The molecule has 0 spiro atoms. The van der Waals surface area contributed by atoms with Gasteiger partial charge < -0.3 is 15.6 Å². The molecule has 1 heterocycles. The number of Topliss-reactive ketones (excluding diaryl/α,β-unsaturated/α-hetero) is 1. The molecule has 3 N–H and O–H groups in total. The van der Waals surface area contributed by atoms with Crippen LogP contribution in [0, 0.1) is 0 Å². The third-order valence-electron chi connectivity index (χ3n) is 3.06. The summed E-state index contributed by atoms with van der Waals surface area (Å²) in [6.07, 6.45) is -0.851. The summed E-state index contributed by atoms with van der Waals surface area (Å²) < 4.78 is 5.24. The Kier molecular flexibility index (Phi) is 2.23. The molecule has 1 aliphatic rings. The minimum absolute atomic E-state index is 0.210. The first-order valence-electron chi connectivity index (χ1n) is 5.55. The number of rotatable bonds is 1. The van der Waals surface area contributed by atoms with Crippen LogP contribution < -0.4 is 5.73 Å². The summed E-state index contributed by atoms with van der Waals surface area (Å²) in [7, 11) is 0. The van der Waals surface area contributed by atoms with Crippen LogP contribution in [-0.2, 0) is 9.53 Å². The number of carbonyl (C=O) groups is 1. The van der Waals surface area contributed by atoms with Crippen LogP contribution in [-0.4, -0.2) is 10.9 Å². The number of hydrogen-bond acceptors (Lipinski definition) is 4. The zero-order chi connectivity index (χ0) is 12.7. The summed E-state index contributed by atoms with van der Waals surface area (Å²) in [6, 6.07) is 13.3. The van der Waals surface area contributed by atoms with E-state index in [1.165, 1.54) is 0 Å². The van der Waals surface area contributed by atoms with Crippen LogP contribution in [0.2, 0.25) is 0 Å². The number of ether oxygens (including phenoxy) is 1. The lowest BCUT2D eigenvalue weighted by molar-refractivity contribution is -0.123. The molecule has 0 bridgehead atoms. The Morgan fingerprint density at radius 2 is 1.83 bits per heavy atom. The highest BCUT2D eigenvalue weighted by Crippen LogP contribution is 2.33. The van der Waals surface area contributed by atoms with Crippen LogP contribution in [0.4, 0.5) is 0 Å². The van der Waals surface area contributed by atoms with Gasteiger partial charge in [-0.3, -0.25) is 4.79 Å². The van der Waals surface area contributed by atoms with Crippen molar-refractivity contribution in [3.05, 3.63) is 59.7 Å². The van der Waals surface area contributed by atoms with Gasteiger partial charge in [-0.05, 0) is 10.8 Å². The lowest BCUT2D eigenvalue weighted by atomic mass is 9.98. The van der Waals surface area contributed by atoms with Gasteiger partial charge in [-0.2, -0.15) is 0 Å². The molecule has 0 radical (unpaired) electrons. The fourth-order valence-corrected chi connectivity index (χ4v) is 2.17. The van der Waals surface area contributed by atoms with Gasteiger partial charge in [-0.25, -0.2) is 0 Å². The molecule has 3 rings (SSSR count). The van der Waals surface area contributed by atoms with Crippen molar-refractivity contribution in [3.63, 3.8) is 0 Å². The van der Waals surface area contributed by atoms with Gasteiger partial charge in [0.05, 0.1) is 0 Å². The lowest BCUT2D eigenvalue weighted by Crippen LogP contribution is -2.10. The quantitative estimate of drug-likeness (QED) is 0.802. The number of ketones is 1. The van der Waals surface area contributed by atoms with Crippen LogP contribution in [0.3, 0.4) is 0 Å². The van der Waals surface area contributed by atoms with Crippen LogP contribution in [0.25, 0.3) is 10.8 Å². The number of aliphatic hydroxyl groups is 1. The predicted octanol–water partition coefficient (Wildman–Crippen LogP) is 2.17. The average molecular weight is 241 g/mol. The zero-order valence-electron chi connectivity index (χ0n) is 9.46. The Morgan fingerprint density at radius 3 is 2.56 bits per heavy atom. The van der Waals surface area contributed by atoms with E-state index >= 15 is 0 Å². The van der Waals surface area contributed by atoms with Crippen molar-refractivity contribution in [3.8, 4) is 0 Å². The number of fused-ring (bicyclic) bond motifs is 1. The van der Waals surface area contributed by atoms with Gasteiger partial charge in [0.1, 0.15) is 0 Å². The van der Waals surface area contributed by atoms with E-state index in [4.69, 9.17) is 10.5 Å². The summed E-state index contributed by atoms with van der Waals surface area (Å²) in [5.41, 5.74) is 6.14. The van der Waals surface area contributed by atoms with Crippen LogP contribution in [0.1, 0.15) is 11.7 Å². The summed E-state index contributed by atoms with van der Waals surface area (Å²) in [5, 5.41) is 11.4. The molecule has 0 aliphatic carbocycles. The smallest absolute Gasteiger partial charge is 0.247 e. The van der Waals surface area contributed by atoms with Gasteiger partial charge in [-0.1, -0.05) is 42.5 Å². The molecule has 2 aromatic carbocycles. The molecule has 4 heteroatoms. The van der Waals surface area contributed by atoms with Crippen molar-refractivity contribution >= 4 is 16.6 Å². The fraction of sp³-hybridized carbons (Fsp3) is 0.0714. The van der Waals surface area contributed by atoms with Crippen molar-refractivity contribution in [2.24, 2.45) is 5.73 Å². The first kappa shape index (κ1) is 10.7. The Balaban J connectivity index is 2.15. The largest absolute Gasteiger partial charge is 0.501 e. The molecule has 2 aromatic rings. The molecular formula is C14H11NO3. The lowest BCUT2D eigenvalue weighted by Gasteiger charge is -2.12. The van der Waals surface area contributed by atoms with E-state index < -0.39 is 17.6 Å². The number of aliphatic hydroxyl groups excluding tert-OH is 1. The van der Waals surface area contributed by atoms with Gasteiger partial charge in [0.25, 0.3) is 0 Å². The van der Waals surface area contributed by atoms with Crippen molar-refractivity contribution in [2.45, 2.75) is 6.10 Å². The number of nitrogens with two attached hydrogens (primary N) is 1. The highest BCUT2D eigenvalue weighted by molar-refractivity contribution is 6.02. The summed E-state index contributed by atoms with van der Waals surface area (Å²) >= 11 is 0. The van der Waals surface area contributed by atoms with E-state index in [1.54, 1.807) is 6.07 Å². The first-order chi connectivity index (χ1) is 8.68.